The van der Waals surface area contributed by atoms with Crippen molar-refractivity contribution in [1.29, 1.82) is 0 Å². The highest BCUT2D eigenvalue weighted by molar-refractivity contribution is 7.92. The van der Waals surface area contributed by atoms with Crippen LogP contribution in [0.3, 0.4) is 0 Å². The molecule has 0 amide bonds. The van der Waals surface area contributed by atoms with Crippen LogP contribution in [0.25, 0.3) is 22.4 Å². The number of hydrogen-bond acceptors (Lipinski definition) is 5. The molecule has 0 radical (unpaired) electrons. The Hall–Kier alpha value is -3.77. The van der Waals surface area contributed by atoms with E-state index in [9.17, 15) is 21.6 Å². The maximum atomic E-state index is 16.1. The Labute approximate surface area is 211 Å². The molecule has 12 heteroatoms. The van der Waals surface area contributed by atoms with Crippen LogP contribution in [0.1, 0.15) is 19.9 Å². The Morgan fingerprint density at radius 3 is 2.46 bits per heavy atom. The standard InChI is InChI=1S/C25H22F4N4O3S/c1-15(2)32-13-19(16-9-10-30-23(28)11-16)25(31-32)18-5-4-6-21(24(18)29)33(14-36-3)37(34,35)22-12-17(26)7-8-20(22)27/h4-13,15H,14H2,1-3H3. The van der Waals surface area contributed by atoms with Crippen LogP contribution in [-0.2, 0) is 14.8 Å². The van der Waals surface area contributed by atoms with Gasteiger partial charge >= 0.3 is 0 Å². The molecular weight excluding hydrogens is 512 g/mol. The van der Waals surface area contributed by atoms with Crippen LogP contribution < -0.4 is 4.31 Å². The molecule has 37 heavy (non-hydrogen) atoms. The highest BCUT2D eigenvalue weighted by atomic mass is 32.2. The number of methoxy groups -OCH3 is 1. The Bertz CT molecular complexity index is 1560. The Morgan fingerprint density at radius 2 is 1.78 bits per heavy atom. The molecule has 2 aromatic heterocycles. The molecule has 0 atom stereocenters. The van der Waals surface area contributed by atoms with E-state index in [1.807, 2.05) is 13.8 Å². The first-order valence-electron chi connectivity index (χ1n) is 11.0. The zero-order chi connectivity index (χ0) is 26.9. The monoisotopic (exact) mass is 534 g/mol. The van der Waals surface area contributed by atoms with Gasteiger partial charge in [-0.25, -0.2) is 30.9 Å². The van der Waals surface area contributed by atoms with Crippen LogP contribution in [0.2, 0.25) is 0 Å². The van der Waals surface area contributed by atoms with Crippen molar-refractivity contribution in [3.05, 3.63) is 84.3 Å². The van der Waals surface area contributed by atoms with Crippen molar-refractivity contribution in [2.75, 3.05) is 18.1 Å². The van der Waals surface area contributed by atoms with E-state index in [1.54, 1.807) is 10.9 Å². The SMILES string of the molecule is COCN(c1cccc(-c2nn(C(C)C)cc2-c2ccnc(F)c2)c1F)S(=O)(=O)c1cc(F)ccc1F. The molecule has 4 rings (SSSR count). The Balaban J connectivity index is 1.92. The molecule has 0 saturated heterocycles. The van der Waals surface area contributed by atoms with Gasteiger partial charge in [0, 0.05) is 42.7 Å². The Kier molecular flexibility index (Phi) is 7.32. The molecule has 0 bridgehead atoms. The molecule has 194 valence electrons. The minimum atomic E-state index is -4.80. The zero-order valence-corrected chi connectivity index (χ0v) is 20.8. The van der Waals surface area contributed by atoms with Gasteiger partial charge in [0.2, 0.25) is 5.95 Å². The van der Waals surface area contributed by atoms with Crippen molar-refractivity contribution >= 4 is 15.7 Å². The van der Waals surface area contributed by atoms with Gasteiger partial charge in [0.1, 0.15) is 29.0 Å². The van der Waals surface area contributed by atoms with Gasteiger partial charge in [-0.15, -0.1) is 0 Å². The number of halogens is 4. The van der Waals surface area contributed by atoms with Crippen molar-refractivity contribution in [2.24, 2.45) is 0 Å². The van der Waals surface area contributed by atoms with Crippen LogP contribution in [0.4, 0.5) is 23.2 Å². The number of sulfonamides is 1. The summed E-state index contributed by atoms with van der Waals surface area (Å²) in [6, 6.07) is 8.45. The van der Waals surface area contributed by atoms with Crippen LogP contribution in [0.15, 0.2) is 65.8 Å². The van der Waals surface area contributed by atoms with E-state index in [0.29, 0.717) is 27.6 Å². The molecule has 0 aliphatic heterocycles. The second-order valence-electron chi connectivity index (χ2n) is 8.32. The maximum Gasteiger partial charge on any atom is 0.269 e. The molecule has 0 aliphatic rings. The van der Waals surface area contributed by atoms with Crippen LogP contribution in [0, 0.1) is 23.4 Å². The number of anilines is 1. The summed E-state index contributed by atoms with van der Waals surface area (Å²) in [4.78, 5) is 2.56. The number of pyridine rings is 1. The number of nitrogens with zero attached hydrogens (tertiary/aromatic N) is 4. The van der Waals surface area contributed by atoms with Crippen LogP contribution in [-0.4, -0.2) is 37.0 Å². The van der Waals surface area contributed by atoms with Crippen molar-refractivity contribution in [3.8, 4) is 22.4 Å². The average molecular weight is 535 g/mol. The number of rotatable bonds is 8. The first-order chi connectivity index (χ1) is 17.5. The van der Waals surface area contributed by atoms with Gasteiger partial charge in [0.05, 0.1) is 5.69 Å². The van der Waals surface area contributed by atoms with Crippen molar-refractivity contribution in [3.63, 3.8) is 0 Å². The quantitative estimate of drug-likeness (QED) is 0.168. The van der Waals surface area contributed by atoms with E-state index >= 15 is 4.39 Å². The zero-order valence-electron chi connectivity index (χ0n) is 20.0. The van der Waals surface area contributed by atoms with E-state index in [-0.39, 0.29) is 17.3 Å². The van der Waals surface area contributed by atoms with E-state index in [0.717, 1.165) is 12.1 Å². The van der Waals surface area contributed by atoms with E-state index in [1.165, 1.54) is 37.6 Å². The van der Waals surface area contributed by atoms with Gasteiger partial charge in [-0.2, -0.15) is 9.49 Å². The first-order valence-corrected chi connectivity index (χ1v) is 12.4. The lowest BCUT2D eigenvalue weighted by atomic mass is 10.0. The smallest absolute Gasteiger partial charge is 0.269 e. The topological polar surface area (TPSA) is 77.3 Å². The molecule has 0 spiro atoms. The van der Waals surface area contributed by atoms with Crippen molar-refractivity contribution in [2.45, 2.75) is 24.8 Å². The van der Waals surface area contributed by atoms with E-state index in [4.69, 9.17) is 4.74 Å². The number of benzene rings is 2. The minimum Gasteiger partial charge on any atom is -0.363 e. The fourth-order valence-electron chi connectivity index (χ4n) is 3.71. The van der Waals surface area contributed by atoms with Gasteiger partial charge in [-0.05, 0) is 55.8 Å². The fraction of sp³-hybridized carbons (Fsp3) is 0.200. The van der Waals surface area contributed by atoms with Gasteiger partial charge in [-0.3, -0.25) is 4.68 Å². The van der Waals surface area contributed by atoms with Gasteiger partial charge in [-0.1, -0.05) is 6.07 Å². The van der Waals surface area contributed by atoms with Crippen LogP contribution in [0.5, 0.6) is 0 Å². The molecule has 2 heterocycles. The highest BCUT2D eigenvalue weighted by Crippen LogP contribution is 2.37. The largest absolute Gasteiger partial charge is 0.363 e. The van der Waals surface area contributed by atoms with Crippen molar-refractivity contribution < 1.29 is 30.7 Å². The van der Waals surface area contributed by atoms with Gasteiger partial charge in [0.25, 0.3) is 10.0 Å². The second kappa shape index (κ2) is 10.3. The summed E-state index contributed by atoms with van der Waals surface area (Å²) in [5.41, 5.74) is 0.297. The summed E-state index contributed by atoms with van der Waals surface area (Å²) in [5.74, 6) is -3.95. The third-order valence-corrected chi connectivity index (χ3v) is 7.26. The minimum absolute atomic E-state index is 0.0971. The molecule has 0 N–H and O–H groups in total. The first kappa shape index (κ1) is 26.3. The predicted octanol–water partition coefficient (Wildman–Crippen LogP) is 5.55. The summed E-state index contributed by atoms with van der Waals surface area (Å²) in [7, 11) is -3.62. The number of aromatic nitrogens is 3. The van der Waals surface area contributed by atoms with E-state index in [2.05, 4.69) is 10.1 Å². The maximum absolute atomic E-state index is 16.1. The third-order valence-electron chi connectivity index (χ3n) is 5.51. The lowest BCUT2D eigenvalue weighted by Gasteiger charge is -2.25. The lowest BCUT2D eigenvalue weighted by Crippen LogP contribution is -2.34. The van der Waals surface area contributed by atoms with Crippen molar-refractivity contribution in [1.82, 2.24) is 14.8 Å². The Morgan fingerprint density at radius 1 is 1.03 bits per heavy atom. The lowest BCUT2D eigenvalue weighted by molar-refractivity contribution is 0.209. The number of ether oxygens (including phenoxy) is 1. The summed E-state index contributed by atoms with van der Waals surface area (Å²) in [6.45, 7) is 3.00. The molecule has 0 aliphatic carbocycles. The highest BCUT2D eigenvalue weighted by Gasteiger charge is 2.32. The molecule has 4 aromatic rings. The molecule has 0 saturated carbocycles. The molecule has 0 fully saturated rings. The molecular formula is C25H22F4N4O3S. The van der Waals surface area contributed by atoms with Gasteiger partial charge < -0.3 is 4.74 Å². The van der Waals surface area contributed by atoms with E-state index < -0.39 is 50.7 Å². The molecule has 2 aromatic carbocycles. The summed E-state index contributed by atoms with van der Waals surface area (Å²) in [6.07, 6.45) is 2.88. The second-order valence-corrected chi connectivity index (χ2v) is 10.1. The van der Waals surface area contributed by atoms with Crippen LogP contribution >= 0.6 is 0 Å². The van der Waals surface area contributed by atoms with Gasteiger partial charge in [0.15, 0.2) is 5.82 Å². The normalized spacial score (nSPS) is 11.8. The molecule has 0 unspecified atom stereocenters. The number of hydrogen-bond donors (Lipinski definition) is 0. The summed E-state index contributed by atoms with van der Waals surface area (Å²) >= 11 is 0. The summed E-state index contributed by atoms with van der Waals surface area (Å²) < 4.78 is 91.8. The third kappa shape index (κ3) is 5.07. The average Bonchev–Trinajstić information content (AvgIpc) is 3.30. The predicted molar refractivity (Wildman–Crippen MR) is 129 cm³/mol. The summed E-state index contributed by atoms with van der Waals surface area (Å²) in [5, 5.41) is 4.46. The fourth-order valence-corrected chi connectivity index (χ4v) is 5.17. The molecule has 7 nitrogen and oxygen atoms in total.